The summed E-state index contributed by atoms with van der Waals surface area (Å²) in [6, 6.07) is 3.54. The van der Waals surface area contributed by atoms with Gasteiger partial charge in [0.1, 0.15) is 0 Å². The van der Waals surface area contributed by atoms with Gasteiger partial charge in [-0.05, 0) is 25.0 Å². The van der Waals surface area contributed by atoms with Crippen molar-refractivity contribution >= 4 is 28.9 Å². The van der Waals surface area contributed by atoms with Crippen LogP contribution in [0.3, 0.4) is 0 Å². The monoisotopic (exact) mass is 309 g/mol. The SMILES string of the molecule is NC(=O)c1cc(N)cc(Cl)c1N1CCOC2CCCCC21. The minimum absolute atomic E-state index is 0.210. The molecule has 3 rings (SSSR count). The lowest BCUT2D eigenvalue weighted by Gasteiger charge is -2.45. The number of carbonyl (C=O) groups is 1. The maximum Gasteiger partial charge on any atom is 0.250 e. The molecule has 0 bridgehead atoms. The van der Waals surface area contributed by atoms with Gasteiger partial charge < -0.3 is 21.1 Å². The fraction of sp³-hybridized carbons (Fsp3) is 0.533. The van der Waals surface area contributed by atoms with Crippen LogP contribution in [0.25, 0.3) is 0 Å². The summed E-state index contributed by atoms with van der Waals surface area (Å²) in [5.74, 6) is -0.502. The average molecular weight is 310 g/mol. The summed E-state index contributed by atoms with van der Waals surface area (Å²) < 4.78 is 5.87. The molecule has 0 aromatic heterocycles. The van der Waals surface area contributed by atoms with E-state index in [1.165, 1.54) is 12.8 Å². The molecule has 1 saturated heterocycles. The summed E-state index contributed by atoms with van der Waals surface area (Å²) in [5, 5.41) is 0.482. The van der Waals surface area contributed by atoms with Crippen molar-refractivity contribution < 1.29 is 9.53 Å². The van der Waals surface area contributed by atoms with Crippen molar-refractivity contribution in [1.82, 2.24) is 0 Å². The van der Waals surface area contributed by atoms with E-state index in [4.69, 9.17) is 27.8 Å². The van der Waals surface area contributed by atoms with E-state index in [9.17, 15) is 4.79 Å². The first-order valence-corrected chi connectivity index (χ1v) is 7.73. The second-order valence-corrected chi connectivity index (χ2v) is 6.12. The lowest BCUT2D eigenvalue weighted by atomic mass is 9.89. The highest BCUT2D eigenvalue weighted by atomic mass is 35.5. The van der Waals surface area contributed by atoms with Crippen molar-refractivity contribution in [3.63, 3.8) is 0 Å². The van der Waals surface area contributed by atoms with Gasteiger partial charge in [0, 0.05) is 12.2 Å². The zero-order valence-electron chi connectivity index (χ0n) is 11.8. The van der Waals surface area contributed by atoms with Gasteiger partial charge in [0.15, 0.2) is 0 Å². The summed E-state index contributed by atoms with van der Waals surface area (Å²) >= 11 is 6.37. The van der Waals surface area contributed by atoms with E-state index in [1.54, 1.807) is 12.1 Å². The van der Waals surface area contributed by atoms with Crippen LogP contribution in [-0.4, -0.2) is 31.2 Å². The number of nitrogens with two attached hydrogens (primary N) is 2. The van der Waals surface area contributed by atoms with Crippen molar-refractivity contribution in [2.75, 3.05) is 23.8 Å². The highest BCUT2D eigenvalue weighted by molar-refractivity contribution is 6.34. The fourth-order valence-electron chi connectivity index (χ4n) is 3.47. The molecule has 2 atom stereocenters. The molecule has 21 heavy (non-hydrogen) atoms. The molecule has 1 aliphatic carbocycles. The minimum atomic E-state index is -0.502. The van der Waals surface area contributed by atoms with E-state index in [2.05, 4.69) is 4.90 Å². The van der Waals surface area contributed by atoms with Gasteiger partial charge in [0.2, 0.25) is 0 Å². The molecule has 5 nitrogen and oxygen atoms in total. The maximum atomic E-state index is 11.8. The Bertz CT molecular complexity index is 562. The van der Waals surface area contributed by atoms with Gasteiger partial charge in [-0.3, -0.25) is 4.79 Å². The van der Waals surface area contributed by atoms with Crippen LogP contribution in [-0.2, 0) is 4.74 Å². The number of primary amides is 1. The normalized spacial score (nSPS) is 25.5. The first-order chi connectivity index (χ1) is 10.1. The van der Waals surface area contributed by atoms with E-state index in [0.29, 0.717) is 35.1 Å². The number of amides is 1. The van der Waals surface area contributed by atoms with Crippen LogP contribution in [0.15, 0.2) is 12.1 Å². The number of nitrogen functional groups attached to an aromatic ring is 1. The van der Waals surface area contributed by atoms with Crippen LogP contribution >= 0.6 is 11.6 Å². The number of nitrogens with zero attached hydrogens (tertiary/aromatic N) is 1. The zero-order valence-corrected chi connectivity index (χ0v) is 12.6. The highest BCUT2D eigenvalue weighted by Crippen LogP contribution is 2.38. The number of hydrogen-bond acceptors (Lipinski definition) is 4. The Labute approximate surface area is 129 Å². The molecule has 0 spiro atoms. The van der Waals surface area contributed by atoms with Crippen LogP contribution < -0.4 is 16.4 Å². The Morgan fingerprint density at radius 2 is 2.10 bits per heavy atom. The topological polar surface area (TPSA) is 81.6 Å². The molecule has 1 aromatic rings. The first-order valence-electron chi connectivity index (χ1n) is 7.35. The number of morpholine rings is 1. The number of carbonyl (C=O) groups excluding carboxylic acids is 1. The Morgan fingerprint density at radius 3 is 2.86 bits per heavy atom. The number of halogens is 1. The molecule has 1 aliphatic heterocycles. The third-order valence-corrected chi connectivity index (χ3v) is 4.66. The van der Waals surface area contributed by atoms with Gasteiger partial charge >= 0.3 is 0 Å². The quantitative estimate of drug-likeness (QED) is 0.820. The molecular weight excluding hydrogens is 290 g/mol. The molecule has 2 aliphatic rings. The van der Waals surface area contributed by atoms with E-state index in [0.717, 1.165) is 12.8 Å². The van der Waals surface area contributed by atoms with Gasteiger partial charge in [-0.15, -0.1) is 0 Å². The van der Waals surface area contributed by atoms with Gasteiger partial charge in [-0.25, -0.2) is 0 Å². The Morgan fingerprint density at radius 1 is 1.33 bits per heavy atom. The van der Waals surface area contributed by atoms with Crippen molar-refractivity contribution in [2.45, 2.75) is 37.8 Å². The zero-order chi connectivity index (χ0) is 15.0. The largest absolute Gasteiger partial charge is 0.399 e. The van der Waals surface area contributed by atoms with Crippen molar-refractivity contribution in [1.29, 1.82) is 0 Å². The van der Waals surface area contributed by atoms with E-state index < -0.39 is 5.91 Å². The number of fused-ring (bicyclic) bond motifs is 1. The third-order valence-electron chi connectivity index (χ3n) is 4.37. The molecule has 2 unspecified atom stereocenters. The van der Waals surface area contributed by atoms with Crippen LogP contribution in [0.2, 0.25) is 5.02 Å². The van der Waals surface area contributed by atoms with E-state index in [-0.39, 0.29) is 12.1 Å². The summed E-state index contributed by atoms with van der Waals surface area (Å²) in [7, 11) is 0. The van der Waals surface area contributed by atoms with Gasteiger partial charge in [0.25, 0.3) is 5.91 Å². The maximum absolute atomic E-state index is 11.8. The summed E-state index contributed by atoms with van der Waals surface area (Å²) in [4.78, 5) is 14.0. The third kappa shape index (κ3) is 2.68. The van der Waals surface area contributed by atoms with Crippen LogP contribution in [0, 0.1) is 0 Å². The molecule has 1 heterocycles. The average Bonchev–Trinajstić information content (AvgIpc) is 2.46. The van der Waals surface area contributed by atoms with Gasteiger partial charge in [-0.1, -0.05) is 24.4 Å². The number of anilines is 2. The van der Waals surface area contributed by atoms with Gasteiger partial charge in [0.05, 0.1) is 35.0 Å². The minimum Gasteiger partial charge on any atom is -0.399 e. The van der Waals surface area contributed by atoms with Crippen LogP contribution in [0.5, 0.6) is 0 Å². The van der Waals surface area contributed by atoms with E-state index in [1.807, 2.05) is 0 Å². The molecule has 1 saturated carbocycles. The summed E-state index contributed by atoms with van der Waals surface area (Å²) in [6.45, 7) is 1.35. The fourth-order valence-corrected chi connectivity index (χ4v) is 3.81. The first kappa shape index (κ1) is 14.5. The molecule has 1 amide bonds. The number of rotatable bonds is 2. The Kier molecular flexibility index (Phi) is 3.95. The Balaban J connectivity index is 2.04. The molecule has 4 N–H and O–H groups in total. The van der Waals surface area contributed by atoms with Crippen LogP contribution in [0.1, 0.15) is 36.0 Å². The lowest BCUT2D eigenvalue weighted by Crippen LogP contribution is -2.53. The standard InChI is InChI=1S/C15H20ClN3O2/c16-11-8-9(17)7-10(15(18)20)14(11)19-5-6-21-13-4-2-1-3-12(13)19/h7-8,12-13H,1-6,17H2,(H2,18,20). The van der Waals surface area contributed by atoms with Crippen molar-refractivity contribution in [3.8, 4) is 0 Å². The van der Waals surface area contributed by atoms with Gasteiger partial charge in [-0.2, -0.15) is 0 Å². The molecule has 6 heteroatoms. The molecular formula is C15H20ClN3O2. The molecule has 1 aromatic carbocycles. The Hall–Kier alpha value is -1.46. The molecule has 0 radical (unpaired) electrons. The lowest BCUT2D eigenvalue weighted by molar-refractivity contribution is -0.00872. The van der Waals surface area contributed by atoms with E-state index >= 15 is 0 Å². The highest BCUT2D eigenvalue weighted by Gasteiger charge is 2.36. The number of hydrogen-bond donors (Lipinski definition) is 2. The predicted molar refractivity (Wildman–Crippen MR) is 83.7 cm³/mol. The second kappa shape index (κ2) is 5.73. The second-order valence-electron chi connectivity index (χ2n) is 5.72. The molecule has 2 fully saturated rings. The summed E-state index contributed by atoms with van der Waals surface area (Å²) in [6.07, 6.45) is 4.66. The molecule has 114 valence electrons. The van der Waals surface area contributed by atoms with Crippen molar-refractivity contribution in [3.05, 3.63) is 22.7 Å². The summed E-state index contributed by atoms with van der Waals surface area (Å²) in [5.41, 5.74) is 12.9. The van der Waals surface area contributed by atoms with Crippen LogP contribution in [0.4, 0.5) is 11.4 Å². The van der Waals surface area contributed by atoms with Crippen molar-refractivity contribution in [2.24, 2.45) is 5.73 Å². The smallest absolute Gasteiger partial charge is 0.250 e. The number of ether oxygens (including phenoxy) is 1. The number of benzene rings is 1. The predicted octanol–water partition coefficient (Wildman–Crippen LogP) is 2.17.